The Balaban J connectivity index is 1.60. The van der Waals surface area contributed by atoms with E-state index >= 15 is 0 Å². The van der Waals surface area contributed by atoms with E-state index in [1.54, 1.807) is 12.1 Å². The molecule has 0 saturated heterocycles. The van der Waals surface area contributed by atoms with Crippen molar-refractivity contribution in [3.63, 3.8) is 0 Å². The van der Waals surface area contributed by atoms with Crippen LogP contribution in [0.15, 0.2) is 71.6 Å². The summed E-state index contributed by atoms with van der Waals surface area (Å²) in [5.74, 6) is 0.330. The molecule has 1 amide bonds. The summed E-state index contributed by atoms with van der Waals surface area (Å²) in [6.45, 7) is 3.73. The number of carbonyl (C=O) groups excluding carboxylic acids is 1. The first-order chi connectivity index (χ1) is 14.2. The molecule has 0 aromatic heterocycles. The normalized spacial score (nSPS) is 11.0. The smallest absolute Gasteiger partial charge is 0.262 e. The molecule has 0 aliphatic rings. The fourth-order valence-electron chi connectivity index (χ4n) is 2.65. The minimum atomic E-state index is -3.72. The first kappa shape index (κ1) is 22.1. The molecule has 0 aliphatic carbocycles. The summed E-state index contributed by atoms with van der Waals surface area (Å²) < 4.78 is 34.2. The SMILES string of the molecule is Cc1ccc(C)c(OCC(=O)Nc2ccc(S(=O)(=O)Nc3ccc(I)cc3)cc2)c1. The molecule has 0 saturated carbocycles. The van der Waals surface area contributed by atoms with Crippen LogP contribution in [0.1, 0.15) is 11.1 Å². The van der Waals surface area contributed by atoms with Gasteiger partial charge in [0.2, 0.25) is 0 Å². The van der Waals surface area contributed by atoms with E-state index in [1.165, 1.54) is 24.3 Å². The Bertz CT molecular complexity index is 1140. The van der Waals surface area contributed by atoms with Crippen LogP contribution in [0.2, 0.25) is 0 Å². The van der Waals surface area contributed by atoms with Gasteiger partial charge in [0, 0.05) is 14.9 Å². The highest BCUT2D eigenvalue weighted by atomic mass is 127. The van der Waals surface area contributed by atoms with Crippen molar-refractivity contribution < 1.29 is 17.9 Å². The van der Waals surface area contributed by atoms with Crippen molar-refractivity contribution in [2.45, 2.75) is 18.7 Å². The lowest BCUT2D eigenvalue weighted by Gasteiger charge is -2.11. The molecule has 0 atom stereocenters. The highest BCUT2D eigenvalue weighted by Crippen LogP contribution is 2.20. The van der Waals surface area contributed by atoms with Gasteiger partial charge in [-0.05, 0) is 102 Å². The van der Waals surface area contributed by atoms with Gasteiger partial charge in [0.15, 0.2) is 6.61 Å². The number of rotatable bonds is 7. The zero-order chi connectivity index (χ0) is 21.7. The quantitative estimate of drug-likeness (QED) is 0.428. The molecule has 3 aromatic carbocycles. The van der Waals surface area contributed by atoms with Crippen LogP contribution in [0.5, 0.6) is 5.75 Å². The molecule has 0 aliphatic heterocycles. The number of halogens is 1. The average Bonchev–Trinajstić information content (AvgIpc) is 2.71. The van der Waals surface area contributed by atoms with Gasteiger partial charge in [0.1, 0.15) is 5.75 Å². The number of anilines is 2. The molecule has 3 aromatic rings. The van der Waals surface area contributed by atoms with Gasteiger partial charge in [-0.3, -0.25) is 9.52 Å². The van der Waals surface area contributed by atoms with Crippen molar-refractivity contribution in [3.05, 3.63) is 81.4 Å². The second kappa shape index (κ2) is 9.48. The second-order valence-corrected chi connectivity index (χ2v) is 9.67. The number of hydrogen-bond donors (Lipinski definition) is 2. The second-order valence-electron chi connectivity index (χ2n) is 6.74. The van der Waals surface area contributed by atoms with Crippen molar-refractivity contribution >= 4 is 49.9 Å². The number of carbonyl (C=O) groups is 1. The van der Waals surface area contributed by atoms with Crippen molar-refractivity contribution in [1.29, 1.82) is 0 Å². The van der Waals surface area contributed by atoms with Gasteiger partial charge in [0.05, 0.1) is 4.90 Å². The molecule has 0 spiro atoms. The van der Waals surface area contributed by atoms with Crippen LogP contribution in [0, 0.1) is 17.4 Å². The van der Waals surface area contributed by atoms with Gasteiger partial charge in [-0.25, -0.2) is 8.42 Å². The predicted octanol–water partition coefficient (Wildman–Crippen LogP) is 4.73. The standard InChI is InChI=1S/C22H21IN2O4S/c1-15-3-4-16(2)21(13-15)29-14-22(26)24-18-9-11-20(12-10-18)30(27,28)25-19-7-5-17(23)6-8-19/h3-13,25H,14H2,1-2H3,(H,24,26). The van der Waals surface area contributed by atoms with Crippen LogP contribution in [0.25, 0.3) is 0 Å². The Hall–Kier alpha value is -2.59. The monoisotopic (exact) mass is 536 g/mol. The molecule has 0 radical (unpaired) electrons. The summed E-state index contributed by atoms with van der Waals surface area (Å²) in [5, 5.41) is 2.70. The number of aryl methyl sites for hydroxylation is 2. The fourth-order valence-corrected chi connectivity index (χ4v) is 4.07. The van der Waals surface area contributed by atoms with Gasteiger partial charge >= 0.3 is 0 Å². The third-order valence-electron chi connectivity index (χ3n) is 4.25. The number of sulfonamides is 1. The molecule has 30 heavy (non-hydrogen) atoms. The molecule has 0 heterocycles. The van der Waals surface area contributed by atoms with Gasteiger partial charge in [-0.2, -0.15) is 0 Å². The number of nitrogens with one attached hydrogen (secondary N) is 2. The summed E-state index contributed by atoms with van der Waals surface area (Å²) in [7, 11) is -3.72. The first-order valence-corrected chi connectivity index (χ1v) is 11.7. The van der Waals surface area contributed by atoms with Gasteiger partial charge in [-0.15, -0.1) is 0 Å². The summed E-state index contributed by atoms with van der Waals surface area (Å²) in [6.07, 6.45) is 0. The van der Waals surface area contributed by atoms with Crippen LogP contribution in [-0.2, 0) is 14.8 Å². The Kier molecular flexibility index (Phi) is 6.99. The molecule has 0 fully saturated rings. The van der Waals surface area contributed by atoms with Crippen LogP contribution in [0.3, 0.4) is 0 Å². The fraction of sp³-hybridized carbons (Fsp3) is 0.136. The van der Waals surface area contributed by atoms with E-state index in [2.05, 4.69) is 32.6 Å². The van der Waals surface area contributed by atoms with E-state index < -0.39 is 10.0 Å². The Morgan fingerprint density at radius 3 is 2.23 bits per heavy atom. The van der Waals surface area contributed by atoms with Crippen molar-refractivity contribution in [2.75, 3.05) is 16.6 Å². The minimum Gasteiger partial charge on any atom is -0.483 e. The molecule has 6 nitrogen and oxygen atoms in total. The van der Waals surface area contributed by atoms with E-state index in [4.69, 9.17) is 4.74 Å². The van der Waals surface area contributed by atoms with Crippen molar-refractivity contribution in [2.24, 2.45) is 0 Å². The number of amides is 1. The van der Waals surface area contributed by atoms with Gasteiger partial charge in [0.25, 0.3) is 15.9 Å². The van der Waals surface area contributed by atoms with Crippen molar-refractivity contribution in [1.82, 2.24) is 0 Å². The topological polar surface area (TPSA) is 84.5 Å². The molecule has 8 heteroatoms. The first-order valence-electron chi connectivity index (χ1n) is 9.11. The molecule has 156 valence electrons. The van der Waals surface area contributed by atoms with Crippen LogP contribution >= 0.6 is 22.6 Å². The summed E-state index contributed by atoms with van der Waals surface area (Å²) in [5.41, 5.74) is 2.96. The predicted molar refractivity (Wildman–Crippen MR) is 126 cm³/mol. The van der Waals surface area contributed by atoms with Crippen LogP contribution in [-0.4, -0.2) is 20.9 Å². The average molecular weight is 536 g/mol. The molecular formula is C22H21IN2O4S. The van der Waals surface area contributed by atoms with Crippen LogP contribution in [0.4, 0.5) is 11.4 Å². The van der Waals surface area contributed by atoms with Gasteiger partial charge < -0.3 is 10.1 Å². The zero-order valence-corrected chi connectivity index (χ0v) is 19.5. The Morgan fingerprint density at radius 2 is 1.57 bits per heavy atom. The summed E-state index contributed by atoms with van der Waals surface area (Å²) in [4.78, 5) is 12.3. The third-order valence-corrected chi connectivity index (χ3v) is 6.36. The lowest BCUT2D eigenvalue weighted by molar-refractivity contribution is -0.118. The summed E-state index contributed by atoms with van der Waals surface area (Å²) in [6, 6.07) is 18.8. The molecular weight excluding hydrogens is 515 g/mol. The Morgan fingerprint density at radius 1 is 0.933 bits per heavy atom. The van der Waals surface area contributed by atoms with E-state index in [9.17, 15) is 13.2 Å². The summed E-state index contributed by atoms with van der Waals surface area (Å²) >= 11 is 2.15. The maximum Gasteiger partial charge on any atom is 0.262 e. The van der Waals surface area contributed by atoms with E-state index in [0.29, 0.717) is 17.1 Å². The van der Waals surface area contributed by atoms with Gasteiger partial charge in [-0.1, -0.05) is 12.1 Å². The Labute approximate surface area is 189 Å². The number of benzene rings is 3. The lowest BCUT2D eigenvalue weighted by atomic mass is 10.1. The molecule has 2 N–H and O–H groups in total. The van der Waals surface area contributed by atoms with Crippen LogP contribution < -0.4 is 14.8 Å². The zero-order valence-electron chi connectivity index (χ0n) is 16.5. The van der Waals surface area contributed by atoms with Crippen molar-refractivity contribution in [3.8, 4) is 5.75 Å². The number of hydrogen-bond acceptors (Lipinski definition) is 4. The lowest BCUT2D eigenvalue weighted by Crippen LogP contribution is -2.20. The molecule has 3 rings (SSSR count). The van der Waals surface area contributed by atoms with E-state index in [0.717, 1.165) is 14.7 Å². The largest absolute Gasteiger partial charge is 0.483 e. The third kappa shape index (κ3) is 5.96. The van der Waals surface area contributed by atoms with E-state index in [1.807, 2.05) is 44.2 Å². The maximum atomic E-state index is 12.5. The highest BCUT2D eigenvalue weighted by molar-refractivity contribution is 14.1. The molecule has 0 unspecified atom stereocenters. The van der Waals surface area contributed by atoms with E-state index in [-0.39, 0.29) is 17.4 Å². The maximum absolute atomic E-state index is 12.5. The highest BCUT2D eigenvalue weighted by Gasteiger charge is 2.14. The number of ether oxygens (including phenoxy) is 1. The molecule has 0 bridgehead atoms. The minimum absolute atomic E-state index is 0.102.